The zero-order valence-electron chi connectivity index (χ0n) is 22.6. The Kier molecular flexibility index (Phi) is 15.1. The van der Waals surface area contributed by atoms with Gasteiger partial charge >= 0.3 is 0 Å². The van der Waals surface area contributed by atoms with Gasteiger partial charge in [-0.1, -0.05) is 90.9 Å². The Labute approximate surface area is 212 Å². The highest BCUT2D eigenvalue weighted by Gasteiger charge is 2.25. The smallest absolute Gasteiger partial charge is 0.296 e. The van der Waals surface area contributed by atoms with Gasteiger partial charge in [-0.2, -0.15) is 0 Å². The summed E-state index contributed by atoms with van der Waals surface area (Å²) in [5.41, 5.74) is 14.1. The fourth-order valence-electron chi connectivity index (χ4n) is 4.72. The van der Waals surface area contributed by atoms with E-state index >= 15 is 0 Å². The van der Waals surface area contributed by atoms with Crippen molar-refractivity contribution in [3.05, 3.63) is 11.4 Å². The van der Waals surface area contributed by atoms with Crippen molar-refractivity contribution in [2.45, 2.75) is 149 Å². The normalized spacial score (nSPS) is 11.5. The first kappa shape index (κ1) is 29.1. The number of hydrogen-bond acceptors (Lipinski definition) is 6. The van der Waals surface area contributed by atoms with Gasteiger partial charge in [-0.25, -0.2) is 0 Å². The van der Waals surface area contributed by atoms with Gasteiger partial charge in [0.05, 0.1) is 0 Å². The highest BCUT2D eigenvalue weighted by atomic mass is 16.5. The van der Waals surface area contributed by atoms with Crippen molar-refractivity contribution in [2.75, 3.05) is 11.5 Å². The van der Waals surface area contributed by atoms with Crippen molar-refractivity contribution in [1.29, 1.82) is 0 Å². The Morgan fingerprint density at radius 3 is 1.23 bits per heavy atom. The fourth-order valence-corrected chi connectivity index (χ4v) is 4.72. The molecular formula is C27H52N6O2+2. The van der Waals surface area contributed by atoms with Gasteiger partial charge in [0.2, 0.25) is 10.5 Å². The number of aromatic nitrogens is 4. The van der Waals surface area contributed by atoms with E-state index in [9.17, 15) is 0 Å². The summed E-state index contributed by atoms with van der Waals surface area (Å²) in [5, 5.41) is 8.32. The van der Waals surface area contributed by atoms with E-state index in [2.05, 4.69) is 24.4 Å². The third kappa shape index (κ3) is 11.4. The lowest BCUT2D eigenvalue weighted by molar-refractivity contribution is -0.769. The molecule has 0 aliphatic heterocycles. The first-order valence-electron chi connectivity index (χ1n) is 14.5. The summed E-state index contributed by atoms with van der Waals surface area (Å²) in [7, 11) is 0. The van der Waals surface area contributed by atoms with Gasteiger partial charge in [-0.05, 0) is 28.6 Å². The van der Waals surface area contributed by atoms with Crippen LogP contribution >= 0.6 is 0 Å². The van der Waals surface area contributed by atoms with E-state index in [-0.39, 0.29) is 0 Å². The van der Waals surface area contributed by atoms with Gasteiger partial charge in [0, 0.05) is 25.7 Å². The third-order valence-electron chi connectivity index (χ3n) is 6.94. The van der Waals surface area contributed by atoms with Gasteiger partial charge in [0.1, 0.15) is 0 Å². The second kappa shape index (κ2) is 18.2. The maximum atomic E-state index is 6.08. The van der Waals surface area contributed by atoms with Crippen LogP contribution in [0.2, 0.25) is 0 Å². The minimum absolute atomic E-state index is 0.426. The second-order valence-corrected chi connectivity index (χ2v) is 10.0. The van der Waals surface area contributed by atoms with E-state index in [1.165, 1.54) is 89.9 Å². The topological polar surface area (TPSA) is 112 Å². The molecule has 0 atom stereocenters. The molecule has 2 heterocycles. The Morgan fingerprint density at radius 2 is 0.857 bits per heavy atom. The van der Waals surface area contributed by atoms with Crippen molar-refractivity contribution >= 4 is 11.8 Å². The molecule has 35 heavy (non-hydrogen) atoms. The van der Waals surface area contributed by atoms with Crippen LogP contribution in [0.4, 0.5) is 11.8 Å². The van der Waals surface area contributed by atoms with Gasteiger partial charge in [0.15, 0.2) is 13.1 Å². The SMILES string of the molecule is CCCCCCCCCC[n+]1noc(N)c1CCCc1c(N)on[n+]1CCCCCCCCCC. The summed E-state index contributed by atoms with van der Waals surface area (Å²) in [6, 6.07) is 0. The average molecular weight is 493 g/mol. The van der Waals surface area contributed by atoms with Crippen molar-refractivity contribution in [2.24, 2.45) is 0 Å². The Balaban J connectivity index is 1.68. The van der Waals surface area contributed by atoms with Crippen molar-refractivity contribution in [1.82, 2.24) is 10.5 Å². The molecule has 0 fully saturated rings. The highest BCUT2D eigenvalue weighted by molar-refractivity contribution is 5.27. The number of aryl methyl sites for hydroxylation is 2. The molecule has 200 valence electrons. The summed E-state index contributed by atoms with van der Waals surface area (Å²) < 4.78 is 14.5. The van der Waals surface area contributed by atoms with E-state index in [4.69, 9.17) is 20.5 Å². The van der Waals surface area contributed by atoms with Crippen LogP contribution in [0.15, 0.2) is 9.05 Å². The van der Waals surface area contributed by atoms with Crippen LogP contribution < -0.4 is 20.8 Å². The molecule has 0 bridgehead atoms. The molecule has 2 aromatic rings. The van der Waals surface area contributed by atoms with Gasteiger partial charge < -0.3 is 11.5 Å². The zero-order chi connectivity index (χ0) is 25.1. The fraction of sp³-hybridized carbons (Fsp3) is 0.852. The molecule has 2 aromatic heterocycles. The second-order valence-electron chi connectivity index (χ2n) is 10.0. The minimum atomic E-state index is 0.426. The molecule has 8 nitrogen and oxygen atoms in total. The van der Waals surface area contributed by atoms with Crippen LogP contribution in [-0.2, 0) is 25.9 Å². The third-order valence-corrected chi connectivity index (χ3v) is 6.94. The lowest BCUT2D eigenvalue weighted by atomic mass is 10.1. The molecule has 0 saturated heterocycles. The molecule has 0 amide bonds. The van der Waals surface area contributed by atoms with E-state index in [0.717, 1.165) is 56.6 Å². The minimum Gasteiger partial charge on any atom is -0.362 e. The maximum Gasteiger partial charge on any atom is 0.296 e. The van der Waals surface area contributed by atoms with Gasteiger partial charge in [0.25, 0.3) is 23.2 Å². The standard InChI is InChI=1S/C27H52N6O2/c1-3-5-7-9-11-13-15-17-22-32-24(26(28)34-30-32)20-19-21-25-27(29)35-31-33(25)23-18-16-14-12-10-8-6-4-2/h3-23,28-29H2,1-2H3/q+2. The summed E-state index contributed by atoms with van der Waals surface area (Å²) in [5.74, 6) is 0.851. The molecule has 0 aliphatic carbocycles. The summed E-state index contributed by atoms with van der Waals surface area (Å²) >= 11 is 0. The molecule has 0 radical (unpaired) electrons. The lowest BCUT2D eigenvalue weighted by Crippen LogP contribution is -2.40. The van der Waals surface area contributed by atoms with Gasteiger partial charge in [-0.15, -0.1) is 0 Å². The summed E-state index contributed by atoms with van der Waals surface area (Å²) in [4.78, 5) is 0. The molecule has 8 heteroatoms. The van der Waals surface area contributed by atoms with Crippen molar-refractivity contribution in [3.8, 4) is 0 Å². The Bertz CT molecular complexity index is 724. The Hall–Kier alpha value is -2.12. The summed E-state index contributed by atoms with van der Waals surface area (Å²) in [6.45, 7) is 6.24. The van der Waals surface area contributed by atoms with E-state index in [1.807, 2.05) is 9.36 Å². The van der Waals surface area contributed by atoms with Crippen LogP contribution in [0.3, 0.4) is 0 Å². The first-order chi connectivity index (χ1) is 17.2. The van der Waals surface area contributed by atoms with E-state index in [1.54, 1.807) is 0 Å². The monoisotopic (exact) mass is 492 g/mol. The predicted octanol–water partition coefficient (Wildman–Crippen LogP) is 5.86. The number of unbranched alkanes of at least 4 members (excludes halogenated alkanes) is 14. The number of hydrogen-bond donors (Lipinski definition) is 2. The predicted molar refractivity (Wildman–Crippen MR) is 139 cm³/mol. The van der Waals surface area contributed by atoms with Crippen molar-refractivity contribution in [3.63, 3.8) is 0 Å². The lowest BCUT2D eigenvalue weighted by Gasteiger charge is -2.00. The molecule has 4 N–H and O–H groups in total. The quantitative estimate of drug-likeness (QED) is 0.157. The van der Waals surface area contributed by atoms with Crippen LogP contribution in [0.1, 0.15) is 134 Å². The molecule has 0 spiro atoms. The van der Waals surface area contributed by atoms with E-state index in [0.29, 0.717) is 11.8 Å². The number of nitrogens with zero attached hydrogens (tertiary/aromatic N) is 4. The molecule has 0 unspecified atom stereocenters. The van der Waals surface area contributed by atoms with Crippen LogP contribution in [-0.4, -0.2) is 10.5 Å². The number of nitrogens with two attached hydrogens (primary N) is 2. The van der Waals surface area contributed by atoms with Crippen LogP contribution in [0, 0.1) is 0 Å². The maximum absolute atomic E-state index is 6.08. The average Bonchev–Trinajstić information content (AvgIpc) is 3.39. The molecule has 0 aromatic carbocycles. The Morgan fingerprint density at radius 1 is 0.514 bits per heavy atom. The molecule has 2 rings (SSSR count). The van der Waals surface area contributed by atoms with E-state index < -0.39 is 0 Å². The number of anilines is 2. The van der Waals surface area contributed by atoms with Crippen LogP contribution in [0.5, 0.6) is 0 Å². The number of nitrogen functional groups attached to an aromatic ring is 2. The first-order valence-corrected chi connectivity index (χ1v) is 14.5. The molecule has 0 aliphatic rings. The summed E-state index contributed by atoms with van der Waals surface area (Å²) in [6.07, 6.45) is 23.2. The zero-order valence-corrected chi connectivity index (χ0v) is 22.6. The highest BCUT2D eigenvalue weighted by Crippen LogP contribution is 2.14. The van der Waals surface area contributed by atoms with Gasteiger partial charge in [-0.3, -0.25) is 9.05 Å². The van der Waals surface area contributed by atoms with Crippen molar-refractivity contribution < 1.29 is 18.4 Å². The number of rotatable bonds is 22. The largest absolute Gasteiger partial charge is 0.362 e. The molecular weight excluding hydrogens is 440 g/mol. The van der Waals surface area contributed by atoms with Crippen LogP contribution in [0.25, 0.3) is 0 Å². The molecule has 0 saturated carbocycles.